The number of methoxy groups -OCH3 is 1. The minimum atomic E-state index is -4.01. The van der Waals surface area contributed by atoms with Gasteiger partial charge in [0, 0.05) is 31.0 Å². The highest BCUT2D eigenvalue weighted by molar-refractivity contribution is 7.90. The molecule has 0 saturated carbocycles. The maximum atomic E-state index is 13.3. The van der Waals surface area contributed by atoms with Crippen molar-refractivity contribution in [3.63, 3.8) is 0 Å². The summed E-state index contributed by atoms with van der Waals surface area (Å²) >= 11 is 0. The molecular formula is C22H25N3O6S. The van der Waals surface area contributed by atoms with Crippen LogP contribution in [-0.2, 0) is 26.0 Å². The van der Waals surface area contributed by atoms with E-state index in [1.54, 1.807) is 40.0 Å². The van der Waals surface area contributed by atoms with E-state index in [2.05, 4.69) is 4.98 Å². The molecule has 0 unspecified atom stereocenters. The summed E-state index contributed by atoms with van der Waals surface area (Å²) in [7, 11) is -1.20. The van der Waals surface area contributed by atoms with Crippen LogP contribution in [0.1, 0.15) is 36.7 Å². The van der Waals surface area contributed by atoms with Crippen LogP contribution in [-0.4, -0.2) is 54.1 Å². The van der Waals surface area contributed by atoms with E-state index in [0.29, 0.717) is 10.9 Å². The van der Waals surface area contributed by atoms with E-state index < -0.39 is 27.7 Å². The number of amides is 1. The molecule has 3 aromatic rings. The van der Waals surface area contributed by atoms with E-state index in [4.69, 9.17) is 9.47 Å². The molecule has 1 aromatic carbocycles. The number of aromatic nitrogens is 2. The van der Waals surface area contributed by atoms with Crippen molar-refractivity contribution < 1.29 is 27.5 Å². The molecule has 0 N–H and O–H groups in total. The Balaban J connectivity index is 2.13. The van der Waals surface area contributed by atoms with Crippen molar-refractivity contribution in [3.8, 4) is 0 Å². The SMILES string of the molecule is COC(=O)c1ccc2c(CN(C)C(=O)OC(C)(C)C)cn(S(=O)(=O)c3cccnc3)c2c1. The summed E-state index contributed by atoms with van der Waals surface area (Å²) in [5, 5.41) is 0.570. The molecule has 0 radical (unpaired) electrons. The first kappa shape index (κ1) is 23.3. The van der Waals surface area contributed by atoms with E-state index in [1.165, 1.54) is 48.8 Å². The number of pyridine rings is 1. The van der Waals surface area contributed by atoms with Crippen LogP contribution in [0.4, 0.5) is 4.79 Å². The van der Waals surface area contributed by atoms with Gasteiger partial charge in [-0.2, -0.15) is 0 Å². The second kappa shape index (κ2) is 8.62. The highest BCUT2D eigenvalue weighted by Gasteiger charge is 2.25. The van der Waals surface area contributed by atoms with Crippen molar-refractivity contribution in [2.24, 2.45) is 0 Å². The van der Waals surface area contributed by atoms with Gasteiger partial charge in [0.1, 0.15) is 10.5 Å². The lowest BCUT2D eigenvalue weighted by Gasteiger charge is -2.24. The fourth-order valence-electron chi connectivity index (χ4n) is 3.11. The molecule has 170 valence electrons. The molecule has 1 amide bonds. The molecule has 0 bridgehead atoms. The lowest BCUT2D eigenvalue weighted by atomic mass is 10.1. The van der Waals surface area contributed by atoms with Crippen LogP contribution < -0.4 is 0 Å². The van der Waals surface area contributed by atoms with Crippen molar-refractivity contribution in [2.45, 2.75) is 37.8 Å². The van der Waals surface area contributed by atoms with E-state index >= 15 is 0 Å². The van der Waals surface area contributed by atoms with Crippen molar-refractivity contribution in [1.82, 2.24) is 13.9 Å². The van der Waals surface area contributed by atoms with Crippen LogP contribution in [0.5, 0.6) is 0 Å². The molecule has 0 spiro atoms. The van der Waals surface area contributed by atoms with E-state index in [9.17, 15) is 18.0 Å². The van der Waals surface area contributed by atoms with Crippen LogP contribution >= 0.6 is 0 Å². The lowest BCUT2D eigenvalue weighted by molar-refractivity contribution is 0.0285. The van der Waals surface area contributed by atoms with Crippen molar-refractivity contribution >= 4 is 33.0 Å². The van der Waals surface area contributed by atoms with Gasteiger partial charge in [-0.05, 0) is 50.6 Å². The molecule has 2 aromatic heterocycles. The first-order chi connectivity index (χ1) is 14.9. The zero-order valence-corrected chi connectivity index (χ0v) is 19.3. The third-order valence-electron chi connectivity index (χ3n) is 4.58. The van der Waals surface area contributed by atoms with E-state index in [0.717, 1.165) is 3.97 Å². The average Bonchev–Trinajstić information content (AvgIpc) is 3.11. The van der Waals surface area contributed by atoms with Gasteiger partial charge in [-0.1, -0.05) is 6.07 Å². The maximum Gasteiger partial charge on any atom is 0.410 e. The Labute approximate surface area is 186 Å². The van der Waals surface area contributed by atoms with Gasteiger partial charge in [-0.15, -0.1) is 0 Å². The molecule has 9 nitrogen and oxygen atoms in total. The fourth-order valence-corrected chi connectivity index (χ4v) is 4.46. The maximum absolute atomic E-state index is 13.3. The molecule has 2 heterocycles. The summed E-state index contributed by atoms with van der Waals surface area (Å²) in [6, 6.07) is 7.59. The summed E-state index contributed by atoms with van der Waals surface area (Å²) in [4.78, 5) is 29.7. The number of carbonyl (C=O) groups is 2. The minimum absolute atomic E-state index is 0.00702. The van der Waals surface area contributed by atoms with Crippen molar-refractivity contribution in [1.29, 1.82) is 0 Å². The van der Waals surface area contributed by atoms with Gasteiger partial charge in [-0.3, -0.25) is 4.98 Å². The number of rotatable bonds is 5. The Morgan fingerprint density at radius 1 is 1.19 bits per heavy atom. The highest BCUT2D eigenvalue weighted by atomic mass is 32.2. The first-order valence-electron chi connectivity index (χ1n) is 9.76. The number of nitrogens with zero attached hydrogens (tertiary/aromatic N) is 3. The number of hydrogen-bond acceptors (Lipinski definition) is 7. The van der Waals surface area contributed by atoms with Crippen molar-refractivity contribution in [2.75, 3.05) is 14.2 Å². The van der Waals surface area contributed by atoms with Crippen LogP contribution in [0, 0.1) is 0 Å². The monoisotopic (exact) mass is 459 g/mol. The van der Waals surface area contributed by atoms with Gasteiger partial charge in [-0.25, -0.2) is 22.0 Å². The summed E-state index contributed by atoms with van der Waals surface area (Å²) < 4.78 is 37.9. The molecule has 10 heteroatoms. The molecule has 3 rings (SSSR count). The topological polar surface area (TPSA) is 108 Å². The number of fused-ring (bicyclic) bond motifs is 1. The number of ether oxygens (including phenoxy) is 2. The lowest BCUT2D eigenvalue weighted by Crippen LogP contribution is -2.33. The predicted molar refractivity (Wildman–Crippen MR) is 118 cm³/mol. The van der Waals surface area contributed by atoms with E-state index in [-0.39, 0.29) is 22.5 Å². The number of esters is 1. The smallest absolute Gasteiger partial charge is 0.410 e. The summed E-state index contributed by atoms with van der Waals surface area (Å²) in [5.41, 5.74) is 0.382. The predicted octanol–water partition coefficient (Wildman–Crippen LogP) is 3.43. The molecule has 0 saturated heterocycles. The van der Waals surface area contributed by atoms with Crippen LogP contribution in [0.3, 0.4) is 0 Å². The Hall–Kier alpha value is -3.40. The third kappa shape index (κ3) is 4.75. The van der Waals surface area contributed by atoms with Gasteiger partial charge in [0.15, 0.2) is 0 Å². The van der Waals surface area contributed by atoms with Crippen LogP contribution in [0.25, 0.3) is 10.9 Å². The van der Waals surface area contributed by atoms with Crippen LogP contribution in [0.2, 0.25) is 0 Å². The largest absolute Gasteiger partial charge is 0.465 e. The summed E-state index contributed by atoms with van der Waals surface area (Å²) in [6.45, 7) is 5.39. The average molecular weight is 460 g/mol. The fraction of sp³-hybridized carbons (Fsp3) is 0.318. The number of benzene rings is 1. The molecular weight excluding hydrogens is 434 g/mol. The number of carbonyl (C=O) groups excluding carboxylic acids is 2. The second-order valence-corrected chi connectivity index (χ2v) is 10.0. The third-order valence-corrected chi connectivity index (χ3v) is 6.24. The number of hydrogen-bond donors (Lipinski definition) is 0. The summed E-state index contributed by atoms with van der Waals surface area (Å²) in [6.07, 6.45) is 3.62. The molecule has 0 fully saturated rings. The highest BCUT2D eigenvalue weighted by Crippen LogP contribution is 2.28. The second-order valence-electron chi connectivity index (χ2n) is 8.20. The van der Waals surface area contributed by atoms with E-state index in [1.807, 2.05) is 0 Å². The van der Waals surface area contributed by atoms with Gasteiger partial charge in [0.25, 0.3) is 10.0 Å². The Morgan fingerprint density at radius 3 is 2.50 bits per heavy atom. The van der Waals surface area contributed by atoms with Crippen LogP contribution in [0.15, 0.2) is 53.8 Å². The molecule has 0 aliphatic rings. The Kier molecular flexibility index (Phi) is 6.27. The normalized spacial score (nSPS) is 11.9. The Morgan fingerprint density at radius 2 is 1.91 bits per heavy atom. The van der Waals surface area contributed by atoms with Crippen molar-refractivity contribution in [3.05, 3.63) is 60.0 Å². The Bertz CT molecular complexity index is 1260. The molecule has 0 atom stereocenters. The molecule has 32 heavy (non-hydrogen) atoms. The van der Waals surface area contributed by atoms with Gasteiger partial charge >= 0.3 is 12.1 Å². The zero-order chi connectivity index (χ0) is 23.7. The van der Waals surface area contributed by atoms with Gasteiger partial charge in [0.2, 0.25) is 0 Å². The minimum Gasteiger partial charge on any atom is -0.465 e. The quantitative estimate of drug-likeness (QED) is 0.538. The van der Waals surface area contributed by atoms with Gasteiger partial charge < -0.3 is 14.4 Å². The zero-order valence-electron chi connectivity index (χ0n) is 18.5. The molecule has 0 aliphatic carbocycles. The first-order valence-corrected chi connectivity index (χ1v) is 11.2. The molecule has 0 aliphatic heterocycles. The summed E-state index contributed by atoms with van der Waals surface area (Å²) in [5.74, 6) is -0.592. The standard InChI is InChI=1S/C22H25N3O6S/c1-22(2,3)31-21(27)24(4)13-16-14-25(32(28,29)17-7-6-10-23-12-17)19-11-15(20(26)30-5)8-9-18(16)19/h6-12,14H,13H2,1-5H3. The van der Waals surface area contributed by atoms with Gasteiger partial charge in [0.05, 0.1) is 24.7 Å².